The molecule has 2 nitrogen and oxygen atoms in total. The molecule has 2 heteroatoms. The Kier molecular flexibility index (Phi) is 3.61. The van der Waals surface area contributed by atoms with E-state index >= 15 is 0 Å². The number of rotatable bonds is 0. The Hall–Kier alpha value is -1.05. The average Bonchev–Trinajstić information content (AvgIpc) is 2.44. The number of carbonyl (C=O) groups excluding carboxylic acids is 1. The highest BCUT2D eigenvalue weighted by Crippen LogP contribution is 2.44. The van der Waals surface area contributed by atoms with Gasteiger partial charge in [0.25, 0.3) is 0 Å². The van der Waals surface area contributed by atoms with Crippen molar-refractivity contribution in [2.45, 2.75) is 47.5 Å². The van der Waals surface area contributed by atoms with Crippen LogP contribution in [0.4, 0.5) is 0 Å². The first-order chi connectivity index (χ1) is 7.44. The predicted molar refractivity (Wildman–Crippen MR) is 67.9 cm³/mol. The molecule has 0 spiro atoms. The van der Waals surface area contributed by atoms with Gasteiger partial charge in [-0.1, -0.05) is 25.5 Å². The zero-order chi connectivity index (χ0) is 12.5. The maximum Gasteiger partial charge on any atom is 0.236 e. The summed E-state index contributed by atoms with van der Waals surface area (Å²) in [6, 6.07) is 0. The van der Waals surface area contributed by atoms with Gasteiger partial charge in [0.1, 0.15) is 0 Å². The molecular formula is C14H23NO. The molecule has 0 aromatic heterocycles. The molecule has 0 fully saturated rings. The van der Waals surface area contributed by atoms with Crippen molar-refractivity contribution in [2.24, 2.45) is 5.41 Å². The average molecular weight is 221 g/mol. The first kappa shape index (κ1) is 13.0. The highest BCUT2D eigenvalue weighted by atomic mass is 16.2. The maximum absolute atomic E-state index is 12.0. The largest absolute Gasteiger partial charge is 0.318 e. The molecule has 16 heavy (non-hydrogen) atoms. The monoisotopic (exact) mass is 221 g/mol. The van der Waals surface area contributed by atoms with Crippen LogP contribution in [0.15, 0.2) is 22.9 Å². The topological polar surface area (TPSA) is 20.3 Å². The summed E-state index contributed by atoms with van der Waals surface area (Å²) in [7, 11) is 1.89. The van der Waals surface area contributed by atoms with Gasteiger partial charge < -0.3 is 4.90 Å². The van der Waals surface area contributed by atoms with Crippen molar-refractivity contribution in [3.63, 3.8) is 0 Å². The molecule has 1 amide bonds. The van der Waals surface area contributed by atoms with Crippen LogP contribution < -0.4 is 0 Å². The summed E-state index contributed by atoms with van der Waals surface area (Å²) in [6.07, 6.45) is 4.30. The zero-order valence-electron chi connectivity index (χ0n) is 11.3. The number of amides is 1. The van der Waals surface area contributed by atoms with E-state index in [9.17, 15) is 4.79 Å². The third-order valence-corrected chi connectivity index (χ3v) is 3.38. The molecule has 0 saturated heterocycles. The lowest BCUT2D eigenvalue weighted by atomic mass is 9.81. The second-order valence-electron chi connectivity index (χ2n) is 4.84. The summed E-state index contributed by atoms with van der Waals surface area (Å²) in [6.45, 7) is 10.2. The van der Waals surface area contributed by atoms with Gasteiger partial charge in [0, 0.05) is 12.7 Å². The minimum Gasteiger partial charge on any atom is -0.318 e. The normalized spacial score (nSPS) is 22.5. The summed E-state index contributed by atoms with van der Waals surface area (Å²) >= 11 is 0. The lowest BCUT2D eigenvalue weighted by molar-refractivity contribution is -0.132. The van der Waals surface area contributed by atoms with Gasteiger partial charge in [-0.15, -0.1) is 0 Å². The Morgan fingerprint density at radius 1 is 1.25 bits per heavy atom. The Labute approximate surface area is 99.0 Å². The third kappa shape index (κ3) is 1.81. The lowest BCUT2D eigenvalue weighted by Crippen LogP contribution is -2.30. The van der Waals surface area contributed by atoms with Crippen LogP contribution in [0, 0.1) is 5.41 Å². The van der Waals surface area contributed by atoms with Crippen molar-refractivity contribution in [2.75, 3.05) is 7.05 Å². The third-order valence-electron chi connectivity index (χ3n) is 3.38. The van der Waals surface area contributed by atoms with Crippen LogP contribution in [0.25, 0.3) is 0 Å². The second kappa shape index (κ2) is 4.44. The summed E-state index contributed by atoms with van der Waals surface area (Å²) in [5.41, 5.74) is 3.53. The smallest absolute Gasteiger partial charge is 0.236 e. The molecule has 0 aromatic rings. The van der Waals surface area contributed by atoms with E-state index in [4.69, 9.17) is 0 Å². The van der Waals surface area contributed by atoms with E-state index < -0.39 is 0 Å². The zero-order valence-corrected chi connectivity index (χ0v) is 11.3. The Bertz CT molecular complexity index is 361. The van der Waals surface area contributed by atoms with Crippen LogP contribution in [-0.4, -0.2) is 17.9 Å². The van der Waals surface area contributed by atoms with Crippen LogP contribution in [-0.2, 0) is 4.79 Å². The van der Waals surface area contributed by atoms with E-state index in [-0.39, 0.29) is 11.3 Å². The van der Waals surface area contributed by atoms with E-state index in [1.165, 1.54) is 16.8 Å². The van der Waals surface area contributed by atoms with Crippen LogP contribution in [0.5, 0.6) is 0 Å². The fraction of sp³-hybridized carbons (Fsp3) is 0.643. The highest BCUT2D eigenvalue weighted by Gasteiger charge is 2.43. The van der Waals surface area contributed by atoms with Gasteiger partial charge in [-0.3, -0.25) is 4.79 Å². The van der Waals surface area contributed by atoms with Gasteiger partial charge in [-0.05, 0) is 39.2 Å². The Morgan fingerprint density at radius 2 is 1.81 bits per heavy atom. The fourth-order valence-electron chi connectivity index (χ4n) is 2.40. The van der Waals surface area contributed by atoms with Crippen molar-refractivity contribution in [3.8, 4) is 0 Å². The molecule has 0 N–H and O–H groups in total. The van der Waals surface area contributed by atoms with Crippen molar-refractivity contribution in [3.05, 3.63) is 22.9 Å². The van der Waals surface area contributed by atoms with Gasteiger partial charge in [0.05, 0.1) is 5.41 Å². The first-order valence-corrected chi connectivity index (χ1v) is 6.13. The molecule has 1 aliphatic carbocycles. The minimum absolute atomic E-state index is 0.230. The molecule has 0 saturated carbocycles. The molecule has 1 aliphatic heterocycles. The number of nitrogens with zero attached hydrogens (tertiary/aromatic N) is 1. The van der Waals surface area contributed by atoms with Crippen LogP contribution in [0.2, 0.25) is 0 Å². The van der Waals surface area contributed by atoms with Crippen molar-refractivity contribution in [1.82, 2.24) is 4.90 Å². The van der Waals surface area contributed by atoms with E-state index in [1.807, 2.05) is 39.6 Å². The number of hydrogen-bond donors (Lipinski definition) is 0. The van der Waals surface area contributed by atoms with Crippen molar-refractivity contribution in [1.29, 1.82) is 0 Å². The van der Waals surface area contributed by atoms with Crippen molar-refractivity contribution < 1.29 is 4.79 Å². The minimum atomic E-state index is -0.314. The molecule has 90 valence electrons. The van der Waals surface area contributed by atoms with Crippen molar-refractivity contribution >= 4 is 5.91 Å². The van der Waals surface area contributed by atoms with Crippen LogP contribution in [0.1, 0.15) is 47.5 Å². The fourth-order valence-corrected chi connectivity index (χ4v) is 2.40. The van der Waals surface area contributed by atoms with Gasteiger partial charge in [0.15, 0.2) is 0 Å². The molecule has 0 atom stereocenters. The van der Waals surface area contributed by atoms with Crippen LogP contribution in [0.3, 0.4) is 0 Å². The highest BCUT2D eigenvalue weighted by molar-refractivity contribution is 5.91. The molecule has 0 bridgehead atoms. The Morgan fingerprint density at radius 3 is 2.38 bits per heavy atom. The molecule has 2 rings (SSSR count). The maximum atomic E-state index is 12.0. The van der Waals surface area contributed by atoms with Gasteiger partial charge in [0.2, 0.25) is 5.91 Å². The lowest BCUT2D eigenvalue weighted by Gasteiger charge is -2.19. The standard InChI is InChI=1S/C12H17NO.C2H6/c1-8-5-6-10-9(7-8)12(2,3)11(14)13(10)4;1-2/h7H,5-6H2,1-4H3;1-2H3. The van der Waals surface area contributed by atoms with E-state index in [1.54, 1.807) is 0 Å². The molecule has 0 unspecified atom stereocenters. The predicted octanol–water partition coefficient (Wildman–Crippen LogP) is 3.51. The first-order valence-electron chi connectivity index (χ1n) is 6.13. The Balaban J connectivity index is 0.000000606. The summed E-state index contributed by atoms with van der Waals surface area (Å²) < 4.78 is 0. The quantitative estimate of drug-likeness (QED) is 0.613. The number of hydrogen-bond acceptors (Lipinski definition) is 1. The summed E-state index contributed by atoms with van der Waals surface area (Å²) in [5, 5.41) is 0. The molecule has 1 heterocycles. The summed E-state index contributed by atoms with van der Waals surface area (Å²) in [5.74, 6) is 0.230. The van der Waals surface area contributed by atoms with Crippen LogP contribution >= 0.6 is 0 Å². The van der Waals surface area contributed by atoms with E-state index in [0.717, 1.165) is 12.8 Å². The van der Waals surface area contributed by atoms with Gasteiger partial charge >= 0.3 is 0 Å². The number of carbonyl (C=O) groups is 1. The van der Waals surface area contributed by atoms with Gasteiger partial charge in [-0.25, -0.2) is 0 Å². The van der Waals surface area contributed by atoms with E-state index in [2.05, 4.69) is 13.0 Å². The number of allylic oxidation sites excluding steroid dienone is 3. The molecule has 0 radical (unpaired) electrons. The summed E-state index contributed by atoms with van der Waals surface area (Å²) in [4.78, 5) is 13.8. The SMILES string of the molecule is CC.CC1=CC2=C(CC1)N(C)C(=O)C2(C)C. The second-order valence-corrected chi connectivity index (χ2v) is 4.84. The molecular weight excluding hydrogens is 198 g/mol. The molecule has 0 aromatic carbocycles. The molecule has 2 aliphatic rings. The van der Waals surface area contributed by atoms with Gasteiger partial charge in [-0.2, -0.15) is 0 Å². The van der Waals surface area contributed by atoms with E-state index in [0.29, 0.717) is 0 Å².